The van der Waals surface area contributed by atoms with Crippen LogP contribution >= 0.6 is 22.6 Å². The number of carbonyl (C=O) groups is 1. The minimum Gasteiger partial charge on any atom is -0.375 e. The molecule has 0 aromatic heterocycles. The molecule has 0 aromatic carbocycles. The molecular weight excluding hydrogens is 355 g/mol. The molecule has 0 unspecified atom stereocenters. The summed E-state index contributed by atoms with van der Waals surface area (Å²) in [4.78, 5) is 11.5. The number of carbonyl (C=O) groups excluding carboxylic acids is 1. The lowest BCUT2D eigenvalue weighted by Gasteiger charge is -2.35. The lowest BCUT2D eigenvalue weighted by Crippen LogP contribution is -2.37. The number of hydrogen-bond donors (Lipinski definition) is 0. The number of halogens is 1. The highest BCUT2D eigenvalue weighted by Gasteiger charge is 2.27. The summed E-state index contributed by atoms with van der Waals surface area (Å²) in [6.45, 7) is 14.8. The van der Waals surface area contributed by atoms with Gasteiger partial charge in [-0.05, 0) is 54.9 Å². The monoisotopic (exact) mass is 384 g/mol. The molecule has 0 bridgehead atoms. The molecule has 19 heavy (non-hydrogen) atoms. The maximum atomic E-state index is 11.5. The molecule has 0 spiro atoms. The van der Waals surface area contributed by atoms with Gasteiger partial charge in [0.1, 0.15) is 5.78 Å². The summed E-state index contributed by atoms with van der Waals surface area (Å²) in [5.41, 5.74) is -0.766. The molecule has 0 atom stereocenters. The third kappa shape index (κ3) is 10.7. The predicted octanol–water partition coefficient (Wildman–Crippen LogP) is 4.16. The smallest absolute Gasteiger partial charge is 0.145 e. The van der Waals surface area contributed by atoms with Gasteiger partial charge in [-0.1, -0.05) is 22.6 Å². The highest BCUT2D eigenvalue weighted by Crippen LogP contribution is 2.24. The molecule has 0 rings (SSSR count). The Balaban J connectivity index is 4.17. The van der Waals surface area contributed by atoms with Crippen molar-refractivity contribution in [2.24, 2.45) is 0 Å². The molecule has 3 nitrogen and oxygen atoms in total. The number of rotatable bonds is 8. The van der Waals surface area contributed by atoms with Crippen LogP contribution in [-0.2, 0) is 14.3 Å². The zero-order chi connectivity index (χ0) is 15.3. The van der Waals surface area contributed by atoms with Crippen LogP contribution in [0, 0.1) is 0 Å². The molecule has 0 aliphatic heterocycles. The van der Waals surface area contributed by atoms with Gasteiger partial charge in [-0.25, -0.2) is 0 Å². The van der Waals surface area contributed by atoms with Crippen molar-refractivity contribution < 1.29 is 14.3 Å². The Hall–Kier alpha value is 0.320. The second-order valence-corrected chi connectivity index (χ2v) is 7.94. The first-order chi connectivity index (χ1) is 8.37. The molecule has 0 N–H and O–H groups in total. The molecule has 0 aliphatic carbocycles. The van der Waals surface area contributed by atoms with Gasteiger partial charge in [0.15, 0.2) is 0 Å². The van der Waals surface area contributed by atoms with E-state index in [9.17, 15) is 4.79 Å². The van der Waals surface area contributed by atoms with Crippen molar-refractivity contribution in [3.05, 3.63) is 0 Å². The molecule has 114 valence electrons. The molecule has 0 aromatic rings. The SMILES string of the molecule is CC(C)(C)OC(C)(C)CCOC(C)(C)CC(=O)CI. The molecule has 0 radical (unpaired) electrons. The maximum Gasteiger partial charge on any atom is 0.145 e. The Morgan fingerprint density at radius 2 is 1.53 bits per heavy atom. The van der Waals surface area contributed by atoms with Crippen LogP contribution in [0.25, 0.3) is 0 Å². The second kappa shape index (κ2) is 7.36. The Morgan fingerprint density at radius 3 is 1.95 bits per heavy atom. The van der Waals surface area contributed by atoms with E-state index in [0.717, 1.165) is 6.42 Å². The van der Waals surface area contributed by atoms with Crippen molar-refractivity contribution in [1.29, 1.82) is 0 Å². The number of hydrogen-bond acceptors (Lipinski definition) is 3. The van der Waals surface area contributed by atoms with E-state index in [1.54, 1.807) is 0 Å². The highest BCUT2D eigenvalue weighted by molar-refractivity contribution is 14.1. The van der Waals surface area contributed by atoms with E-state index in [-0.39, 0.29) is 22.6 Å². The molecule has 0 saturated carbocycles. The summed E-state index contributed by atoms with van der Waals surface area (Å²) < 4.78 is 12.4. The molecule has 0 saturated heterocycles. The van der Waals surface area contributed by atoms with E-state index >= 15 is 0 Å². The first kappa shape index (κ1) is 19.3. The third-order valence-electron chi connectivity index (χ3n) is 2.55. The first-order valence-corrected chi connectivity index (χ1v) is 8.31. The van der Waals surface area contributed by atoms with E-state index in [4.69, 9.17) is 9.47 Å². The third-order valence-corrected chi connectivity index (χ3v) is 3.40. The summed E-state index contributed by atoms with van der Waals surface area (Å²) in [6.07, 6.45) is 1.28. The Labute approximate surface area is 131 Å². The van der Waals surface area contributed by atoms with E-state index in [0.29, 0.717) is 17.5 Å². The minimum atomic E-state index is -0.389. The lowest BCUT2D eigenvalue weighted by atomic mass is 10.0. The van der Waals surface area contributed by atoms with E-state index < -0.39 is 0 Å². The van der Waals surface area contributed by atoms with Gasteiger partial charge in [0.2, 0.25) is 0 Å². The van der Waals surface area contributed by atoms with E-state index in [2.05, 4.69) is 57.2 Å². The lowest BCUT2D eigenvalue weighted by molar-refractivity contribution is -0.135. The van der Waals surface area contributed by atoms with E-state index in [1.165, 1.54) is 0 Å². The maximum absolute atomic E-state index is 11.5. The number of Topliss-reactive ketones (excluding diaryl/α,β-unsaturated/α-hetero) is 1. The molecular formula is C15H29IO3. The fourth-order valence-corrected chi connectivity index (χ4v) is 2.30. The summed E-state index contributed by atoms with van der Waals surface area (Å²) in [7, 11) is 0. The van der Waals surface area contributed by atoms with Crippen LogP contribution in [0.5, 0.6) is 0 Å². The van der Waals surface area contributed by atoms with Crippen molar-refractivity contribution >= 4 is 28.4 Å². The van der Waals surface area contributed by atoms with Crippen molar-refractivity contribution in [2.45, 2.75) is 78.1 Å². The van der Waals surface area contributed by atoms with Gasteiger partial charge in [-0.15, -0.1) is 0 Å². The van der Waals surface area contributed by atoms with Crippen LogP contribution in [0.3, 0.4) is 0 Å². The van der Waals surface area contributed by atoms with Crippen molar-refractivity contribution in [2.75, 3.05) is 11.0 Å². The van der Waals surface area contributed by atoms with Gasteiger partial charge in [-0.2, -0.15) is 0 Å². The number of ether oxygens (including phenoxy) is 2. The Bertz CT molecular complexity index is 290. The summed E-state index contributed by atoms with van der Waals surface area (Å²) in [5.74, 6) is 0.232. The van der Waals surface area contributed by atoms with Crippen LogP contribution in [0.1, 0.15) is 61.3 Å². The second-order valence-electron chi connectivity index (χ2n) is 7.18. The van der Waals surface area contributed by atoms with Crippen LogP contribution in [-0.4, -0.2) is 33.6 Å². The van der Waals surface area contributed by atoms with Crippen LogP contribution in [0.15, 0.2) is 0 Å². The van der Waals surface area contributed by atoms with Crippen LogP contribution in [0.4, 0.5) is 0 Å². The topological polar surface area (TPSA) is 35.5 Å². The Kier molecular flexibility index (Phi) is 7.49. The first-order valence-electron chi connectivity index (χ1n) is 6.79. The quantitative estimate of drug-likeness (QED) is 0.466. The molecule has 0 amide bonds. The molecule has 4 heteroatoms. The predicted molar refractivity (Wildman–Crippen MR) is 88.1 cm³/mol. The van der Waals surface area contributed by atoms with Gasteiger partial charge in [0.25, 0.3) is 0 Å². The van der Waals surface area contributed by atoms with Crippen LogP contribution < -0.4 is 0 Å². The summed E-state index contributed by atoms with van der Waals surface area (Å²) in [5, 5.41) is 0. The van der Waals surface area contributed by atoms with Gasteiger partial charge < -0.3 is 9.47 Å². The minimum absolute atomic E-state index is 0.157. The average molecular weight is 384 g/mol. The van der Waals surface area contributed by atoms with Gasteiger partial charge >= 0.3 is 0 Å². The fourth-order valence-electron chi connectivity index (χ4n) is 2.03. The normalized spacial score (nSPS) is 13.7. The van der Waals surface area contributed by atoms with Crippen molar-refractivity contribution in [1.82, 2.24) is 0 Å². The summed E-state index contributed by atoms with van der Waals surface area (Å²) in [6, 6.07) is 0. The van der Waals surface area contributed by atoms with Gasteiger partial charge in [0, 0.05) is 6.42 Å². The largest absolute Gasteiger partial charge is 0.375 e. The summed E-state index contributed by atoms with van der Waals surface area (Å²) >= 11 is 2.09. The van der Waals surface area contributed by atoms with Gasteiger partial charge in [0.05, 0.1) is 27.8 Å². The molecule has 0 heterocycles. The average Bonchev–Trinajstić information content (AvgIpc) is 2.11. The zero-order valence-corrected chi connectivity index (χ0v) is 15.6. The van der Waals surface area contributed by atoms with Crippen molar-refractivity contribution in [3.8, 4) is 0 Å². The number of ketones is 1. The van der Waals surface area contributed by atoms with Crippen LogP contribution in [0.2, 0.25) is 0 Å². The zero-order valence-electron chi connectivity index (χ0n) is 13.4. The van der Waals surface area contributed by atoms with Gasteiger partial charge in [-0.3, -0.25) is 4.79 Å². The standard InChI is InChI=1S/C15H29IO3/c1-13(2,3)19-14(4,5)8-9-18-15(6,7)10-12(17)11-16/h8-11H2,1-7H3. The van der Waals surface area contributed by atoms with Crippen molar-refractivity contribution in [3.63, 3.8) is 0 Å². The van der Waals surface area contributed by atoms with E-state index in [1.807, 2.05) is 13.8 Å². The highest BCUT2D eigenvalue weighted by atomic mass is 127. The molecule has 0 fully saturated rings. The Morgan fingerprint density at radius 1 is 1.00 bits per heavy atom. The fraction of sp³-hybridized carbons (Fsp3) is 0.933. The number of alkyl halides is 1. The molecule has 0 aliphatic rings.